The van der Waals surface area contributed by atoms with Gasteiger partial charge in [-0.05, 0) is 30.2 Å². The Morgan fingerprint density at radius 3 is 2.94 bits per heavy atom. The van der Waals surface area contributed by atoms with Crippen molar-refractivity contribution in [1.82, 2.24) is 5.32 Å². The van der Waals surface area contributed by atoms with Crippen LogP contribution in [-0.2, 0) is 4.74 Å². The molecule has 0 radical (unpaired) electrons. The molecule has 1 aromatic heterocycles. The monoisotopic (exact) mass is 309 g/mol. The lowest BCUT2D eigenvalue weighted by atomic mass is 10.2. The van der Waals surface area contributed by atoms with Crippen molar-refractivity contribution in [2.75, 3.05) is 19.0 Å². The van der Waals surface area contributed by atoms with Crippen LogP contribution in [0.4, 0.5) is 0 Å². The molecule has 1 aromatic rings. The van der Waals surface area contributed by atoms with Crippen LogP contribution in [-0.4, -0.2) is 31.0 Å². The molecule has 0 fully saturated rings. The number of furan rings is 1. The maximum atomic E-state index is 11.7. The van der Waals surface area contributed by atoms with Gasteiger partial charge in [0.15, 0.2) is 11.0 Å². The summed E-state index contributed by atoms with van der Waals surface area (Å²) in [5.74, 6) is -0.0735. The van der Waals surface area contributed by atoms with Gasteiger partial charge in [0.05, 0.1) is 12.6 Å². The van der Waals surface area contributed by atoms with Crippen molar-refractivity contribution in [1.29, 1.82) is 0 Å². The minimum Gasteiger partial charge on any atom is -0.440 e. The molecule has 0 aliphatic rings. The molecule has 16 heavy (non-hydrogen) atoms. The number of hydrogen-bond acceptors (Lipinski definition) is 3. The van der Waals surface area contributed by atoms with E-state index in [0.29, 0.717) is 6.61 Å². The molecule has 1 heterocycles. The van der Waals surface area contributed by atoms with Gasteiger partial charge in [-0.15, -0.1) is 0 Å². The second kappa shape index (κ2) is 6.93. The Morgan fingerprint density at radius 2 is 2.44 bits per heavy atom. The van der Waals surface area contributed by atoms with Crippen LogP contribution in [0.25, 0.3) is 0 Å². The van der Waals surface area contributed by atoms with Gasteiger partial charge in [-0.1, -0.05) is 15.9 Å². The van der Waals surface area contributed by atoms with Crippen LogP contribution in [0.15, 0.2) is 16.5 Å². The Labute approximate surface area is 107 Å². The van der Waals surface area contributed by atoms with Gasteiger partial charge in [0.2, 0.25) is 0 Å². The van der Waals surface area contributed by atoms with Crippen molar-refractivity contribution in [2.45, 2.75) is 12.5 Å². The minimum absolute atomic E-state index is 0.0410. The van der Waals surface area contributed by atoms with Crippen LogP contribution in [0.2, 0.25) is 5.22 Å². The zero-order valence-corrected chi connectivity index (χ0v) is 11.2. The highest BCUT2D eigenvalue weighted by atomic mass is 79.9. The van der Waals surface area contributed by atoms with Gasteiger partial charge in [-0.2, -0.15) is 0 Å². The quantitative estimate of drug-likeness (QED) is 0.821. The van der Waals surface area contributed by atoms with Gasteiger partial charge >= 0.3 is 0 Å². The molecular weight excluding hydrogens is 297 g/mol. The Morgan fingerprint density at radius 1 is 1.69 bits per heavy atom. The molecule has 4 nitrogen and oxygen atoms in total. The first-order chi connectivity index (χ1) is 7.67. The second-order valence-electron chi connectivity index (χ2n) is 3.21. The average Bonchev–Trinajstić information content (AvgIpc) is 2.65. The fourth-order valence-electron chi connectivity index (χ4n) is 1.22. The molecule has 0 aliphatic heterocycles. The number of amides is 1. The molecule has 0 bridgehead atoms. The van der Waals surface area contributed by atoms with Crippen LogP contribution < -0.4 is 5.32 Å². The topological polar surface area (TPSA) is 51.5 Å². The van der Waals surface area contributed by atoms with E-state index >= 15 is 0 Å². The Kier molecular flexibility index (Phi) is 5.87. The van der Waals surface area contributed by atoms with E-state index in [1.165, 1.54) is 12.1 Å². The summed E-state index contributed by atoms with van der Waals surface area (Å²) >= 11 is 8.90. The van der Waals surface area contributed by atoms with E-state index in [2.05, 4.69) is 21.2 Å². The third-order valence-corrected chi connectivity index (χ3v) is 2.62. The van der Waals surface area contributed by atoms with Crippen molar-refractivity contribution in [2.24, 2.45) is 0 Å². The molecule has 1 atom stereocenters. The Balaban J connectivity index is 2.54. The first kappa shape index (κ1) is 13.5. The van der Waals surface area contributed by atoms with Gasteiger partial charge in [0.1, 0.15) is 0 Å². The van der Waals surface area contributed by atoms with E-state index in [1.807, 2.05) is 0 Å². The van der Waals surface area contributed by atoms with Gasteiger partial charge in [0.25, 0.3) is 5.91 Å². The van der Waals surface area contributed by atoms with Crippen LogP contribution in [0.3, 0.4) is 0 Å². The summed E-state index contributed by atoms with van der Waals surface area (Å²) in [5.41, 5.74) is 0. The van der Waals surface area contributed by atoms with Gasteiger partial charge in [-0.3, -0.25) is 4.79 Å². The summed E-state index contributed by atoms with van der Waals surface area (Å²) in [5, 5.41) is 3.80. The van der Waals surface area contributed by atoms with Crippen LogP contribution in [0.5, 0.6) is 0 Å². The number of carbonyl (C=O) groups excluding carboxylic acids is 1. The molecule has 0 saturated carbocycles. The first-order valence-corrected chi connectivity index (χ1v) is 6.28. The largest absolute Gasteiger partial charge is 0.440 e. The van der Waals surface area contributed by atoms with Crippen molar-refractivity contribution >= 4 is 33.4 Å². The maximum Gasteiger partial charge on any atom is 0.287 e. The smallest absolute Gasteiger partial charge is 0.287 e. The summed E-state index contributed by atoms with van der Waals surface area (Å²) in [6.07, 6.45) is 0.786. The van der Waals surface area contributed by atoms with Crippen molar-refractivity contribution in [3.05, 3.63) is 23.1 Å². The highest BCUT2D eigenvalue weighted by molar-refractivity contribution is 9.09. The number of carbonyl (C=O) groups is 1. The number of ether oxygens (including phenoxy) is 1. The molecule has 1 amide bonds. The highest BCUT2D eigenvalue weighted by Gasteiger charge is 2.15. The predicted molar refractivity (Wildman–Crippen MR) is 65.3 cm³/mol. The highest BCUT2D eigenvalue weighted by Crippen LogP contribution is 2.13. The third-order valence-electron chi connectivity index (χ3n) is 1.96. The van der Waals surface area contributed by atoms with E-state index in [1.54, 1.807) is 7.11 Å². The standard InChI is InChI=1S/C10H13BrClNO3/c1-15-6-7(4-5-11)13-10(14)8-2-3-9(12)16-8/h2-3,7H,4-6H2,1H3,(H,13,14). The number of rotatable bonds is 6. The molecule has 0 spiro atoms. The van der Waals surface area contributed by atoms with E-state index in [4.69, 9.17) is 20.8 Å². The predicted octanol–water partition coefficient (Wildman–Crippen LogP) is 2.46. The summed E-state index contributed by atoms with van der Waals surface area (Å²) in [6.45, 7) is 0.464. The van der Waals surface area contributed by atoms with E-state index in [0.717, 1.165) is 11.8 Å². The van der Waals surface area contributed by atoms with Crippen molar-refractivity contribution in [3.8, 4) is 0 Å². The SMILES string of the molecule is COCC(CCBr)NC(=O)c1ccc(Cl)o1. The normalized spacial score (nSPS) is 12.4. The lowest BCUT2D eigenvalue weighted by molar-refractivity contribution is 0.0868. The number of hydrogen-bond donors (Lipinski definition) is 1. The number of alkyl halides is 1. The summed E-state index contributed by atoms with van der Waals surface area (Å²) in [4.78, 5) is 11.7. The third kappa shape index (κ3) is 4.15. The molecule has 0 aromatic carbocycles. The van der Waals surface area contributed by atoms with Crippen molar-refractivity contribution < 1.29 is 13.9 Å². The molecule has 0 saturated heterocycles. The van der Waals surface area contributed by atoms with Crippen LogP contribution in [0.1, 0.15) is 17.0 Å². The van der Waals surface area contributed by atoms with E-state index < -0.39 is 0 Å². The molecule has 1 rings (SSSR count). The van der Waals surface area contributed by atoms with Gasteiger partial charge < -0.3 is 14.5 Å². The number of halogens is 2. The fraction of sp³-hybridized carbons (Fsp3) is 0.500. The van der Waals surface area contributed by atoms with Gasteiger partial charge in [0, 0.05) is 12.4 Å². The lowest BCUT2D eigenvalue weighted by Gasteiger charge is -2.15. The second-order valence-corrected chi connectivity index (χ2v) is 4.37. The number of methoxy groups -OCH3 is 1. The zero-order chi connectivity index (χ0) is 12.0. The molecule has 1 N–H and O–H groups in total. The summed E-state index contributed by atoms with van der Waals surface area (Å²) < 4.78 is 10.0. The minimum atomic E-state index is -0.282. The molecular formula is C10H13BrClNO3. The van der Waals surface area contributed by atoms with Crippen molar-refractivity contribution in [3.63, 3.8) is 0 Å². The fourth-order valence-corrected chi connectivity index (χ4v) is 1.92. The average molecular weight is 311 g/mol. The van der Waals surface area contributed by atoms with Crippen LogP contribution >= 0.6 is 27.5 Å². The summed E-state index contributed by atoms with van der Waals surface area (Å²) in [7, 11) is 1.59. The Bertz CT molecular complexity index is 337. The zero-order valence-electron chi connectivity index (χ0n) is 8.83. The first-order valence-electron chi connectivity index (χ1n) is 4.78. The molecule has 0 aliphatic carbocycles. The molecule has 90 valence electrons. The van der Waals surface area contributed by atoms with E-state index in [9.17, 15) is 4.79 Å². The maximum absolute atomic E-state index is 11.7. The lowest BCUT2D eigenvalue weighted by Crippen LogP contribution is -2.38. The number of nitrogens with one attached hydrogen (secondary N) is 1. The van der Waals surface area contributed by atoms with Gasteiger partial charge in [-0.25, -0.2) is 0 Å². The summed E-state index contributed by atoms with van der Waals surface area (Å²) in [6, 6.07) is 3.03. The Hall–Kier alpha value is -0.520. The van der Waals surface area contributed by atoms with E-state index in [-0.39, 0.29) is 22.9 Å². The molecule has 6 heteroatoms. The molecule has 1 unspecified atom stereocenters. The van der Waals surface area contributed by atoms with Crippen LogP contribution in [0, 0.1) is 0 Å².